The van der Waals surface area contributed by atoms with Gasteiger partial charge in [0.1, 0.15) is 12.4 Å². The minimum absolute atomic E-state index is 0.636. The van der Waals surface area contributed by atoms with Crippen molar-refractivity contribution in [2.24, 2.45) is 0 Å². The lowest BCUT2D eigenvalue weighted by Crippen LogP contribution is -2.31. The van der Waals surface area contributed by atoms with Gasteiger partial charge >= 0.3 is 0 Å². The number of aryl methyl sites for hydroxylation is 1. The monoisotopic (exact) mass is 391 g/mol. The summed E-state index contributed by atoms with van der Waals surface area (Å²) in [6.45, 7) is 8.07. The second-order valence-electron chi connectivity index (χ2n) is 9.04. The highest BCUT2D eigenvalue weighted by Crippen LogP contribution is 2.14. The molecule has 0 bridgehead atoms. The normalized spacial score (nSPS) is 12.5. The second kappa shape index (κ2) is 18.3. The Balaban J connectivity index is 1.82. The summed E-state index contributed by atoms with van der Waals surface area (Å²) >= 11 is 0. The summed E-state index contributed by atoms with van der Waals surface area (Å²) in [5.41, 5.74) is 0. The van der Waals surface area contributed by atoms with E-state index in [1.165, 1.54) is 122 Å². The molecule has 2 heteroatoms. The zero-order chi connectivity index (χ0) is 20.3. The molecule has 0 radical (unpaired) electrons. The maximum atomic E-state index is 2.37. The van der Waals surface area contributed by atoms with Gasteiger partial charge in [-0.1, -0.05) is 110 Å². The van der Waals surface area contributed by atoms with E-state index in [0.717, 1.165) is 0 Å². The Kier molecular flexibility index (Phi) is 16.5. The highest BCUT2D eigenvalue weighted by molar-refractivity contribution is 4.72. The summed E-state index contributed by atoms with van der Waals surface area (Å²) < 4.78 is 4.74. The Labute approximate surface area is 177 Å². The van der Waals surface area contributed by atoms with Crippen LogP contribution in [-0.2, 0) is 6.54 Å². The zero-order valence-electron chi connectivity index (χ0n) is 19.6. The second-order valence-corrected chi connectivity index (χ2v) is 9.04. The molecule has 0 fully saturated rings. The first-order chi connectivity index (χ1) is 13.8. The first-order valence-electron chi connectivity index (χ1n) is 12.8. The van der Waals surface area contributed by atoms with Crippen LogP contribution in [0.2, 0.25) is 0 Å². The Morgan fingerprint density at radius 2 is 1.11 bits per heavy atom. The summed E-state index contributed by atoms with van der Waals surface area (Å²) in [5.74, 6) is 0. The molecule has 0 spiro atoms. The summed E-state index contributed by atoms with van der Waals surface area (Å²) in [5, 5.41) is 0. The van der Waals surface area contributed by atoms with Gasteiger partial charge in [0.2, 0.25) is 6.33 Å². The lowest BCUT2D eigenvalue weighted by molar-refractivity contribution is -0.697. The van der Waals surface area contributed by atoms with Crippen molar-refractivity contribution in [1.29, 1.82) is 0 Å². The molecule has 0 aromatic carbocycles. The van der Waals surface area contributed by atoms with Gasteiger partial charge in [-0.05, 0) is 26.2 Å². The Morgan fingerprint density at radius 1 is 0.643 bits per heavy atom. The summed E-state index contributed by atoms with van der Waals surface area (Å²) in [6, 6.07) is 0.636. The molecule has 0 amide bonds. The Bertz CT molecular complexity index is 437. The van der Waals surface area contributed by atoms with E-state index < -0.39 is 0 Å². The third-order valence-corrected chi connectivity index (χ3v) is 6.20. The highest BCUT2D eigenvalue weighted by atomic mass is 15.1. The van der Waals surface area contributed by atoms with Crippen molar-refractivity contribution in [3.63, 3.8) is 0 Å². The lowest BCUT2D eigenvalue weighted by Gasteiger charge is -2.05. The van der Waals surface area contributed by atoms with Crippen molar-refractivity contribution in [1.82, 2.24) is 4.57 Å². The third kappa shape index (κ3) is 13.4. The molecule has 0 aliphatic carbocycles. The molecule has 164 valence electrons. The van der Waals surface area contributed by atoms with E-state index in [1.807, 2.05) is 0 Å². The molecular weight excluding hydrogens is 340 g/mol. The van der Waals surface area contributed by atoms with Gasteiger partial charge in [-0.3, -0.25) is 0 Å². The van der Waals surface area contributed by atoms with Crippen molar-refractivity contribution in [3.05, 3.63) is 18.7 Å². The van der Waals surface area contributed by atoms with Crippen LogP contribution in [-0.4, -0.2) is 4.57 Å². The van der Waals surface area contributed by atoms with Crippen LogP contribution in [0.4, 0.5) is 0 Å². The Hall–Kier alpha value is -0.790. The molecule has 1 aromatic heterocycles. The third-order valence-electron chi connectivity index (χ3n) is 6.20. The highest BCUT2D eigenvalue weighted by Gasteiger charge is 2.10. The largest absolute Gasteiger partial charge is 0.243 e. The van der Waals surface area contributed by atoms with Crippen LogP contribution in [0.5, 0.6) is 0 Å². The summed E-state index contributed by atoms with van der Waals surface area (Å²) in [7, 11) is 0. The number of hydrogen-bond acceptors (Lipinski definition) is 0. The van der Waals surface area contributed by atoms with E-state index in [-0.39, 0.29) is 0 Å². The molecule has 1 unspecified atom stereocenters. The zero-order valence-corrected chi connectivity index (χ0v) is 19.6. The smallest absolute Gasteiger partial charge is 0.237 e. The summed E-state index contributed by atoms with van der Waals surface area (Å²) in [4.78, 5) is 0. The van der Waals surface area contributed by atoms with E-state index in [1.54, 1.807) is 0 Å². The summed E-state index contributed by atoms with van der Waals surface area (Å²) in [6.07, 6.45) is 32.4. The van der Waals surface area contributed by atoms with Crippen molar-refractivity contribution in [2.45, 2.75) is 149 Å². The van der Waals surface area contributed by atoms with Crippen molar-refractivity contribution < 1.29 is 4.57 Å². The van der Waals surface area contributed by atoms with Crippen LogP contribution >= 0.6 is 0 Å². The SMILES string of the molecule is CCCCCCCCCCCCCCCCCC[n+]1ccn(C(C)CCC)c1. The minimum atomic E-state index is 0.636. The number of rotatable bonds is 20. The number of imidazole rings is 1. The van der Waals surface area contributed by atoms with Crippen LogP contribution in [0.15, 0.2) is 18.7 Å². The van der Waals surface area contributed by atoms with Crippen LogP contribution in [0.3, 0.4) is 0 Å². The first kappa shape index (κ1) is 25.2. The fourth-order valence-electron chi connectivity index (χ4n) is 4.21. The number of hydrogen-bond donors (Lipinski definition) is 0. The quantitative estimate of drug-likeness (QED) is 0.156. The molecule has 1 aromatic rings. The molecule has 1 rings (SSSR count). The molecule has 0 aliphatic heterocycles. The average molecular weight is 392 g/mol. The van der Waals surface area contributed by atoms with Gasteiger partial charge in [0.05, 0.1) is 12.6 Å². The van der Waals surface area contributed by atoms with Crippen LogP contribution in [0, 0.1) is 0 Å². The molecule has 0 saturated carbocycles. The van der Waals surface area contributed by atoms with E-state index in [2.05, 4.69) is 48.6 Å². The van der Waals surface area contributed by atoms with E-state index in [4.69, 9.17) is 0 Å². The van der Waals surface area contributed by atoms with E-state index >= 15 is 0 Å². The first-order valence-corrected chi connectivity index (χ1v) is 12.8. The van der Waals surface area contributed by atoms with Gasteiger partial charge in [-0.25, -0.2) is 9.13 Å². The standard InChI is InChI=1S/C26H51N2/c1-4-6-7-8-9-10-11-12-13-14-15-16-17-18-19-20-22-27-23-24-28(25-27)26(3)21-5-2/h23-26H,4-22H2,1-3H3/q+1. The fraction of sp³-hybridized carbons (Fsp3) is 0.885. The lowest BCUT2D eigenvalue weighted by atomic mass is 10.0. The van der Waals surface area contributed by atoms with Gasteiger partial charge in [-0.2, -0.15) is 0 Å². The fourth-order valence-corrected chi connectivity index (χ4v) is 4.21. The molecule has 2 nitrogen and oxygen atoms in total. The predicted molar refractivity (Wildman–Crippen MR) is 124 cm³/mol. The number of unbranched alkanes of at least 4 members (excludes halogenated alkanes) is 15. The predicted octanol–water partition coefficient (Wildman–Crippen LogP) is 8.40. The van der Waals surface area contributed by atoms with Crippen molar-refractivity contribution >= 4 is 0 Å². The van der Waals surface area contributed by atoms with Crippen molar-refractivity contribution in [3.8, 4) is 0 Å². The maximum Gasteiger partial charge on any atom is 0.243 e. The van der Waals surface area contributed by atoms with E-state index in [9.17, 15) is 0 Å². The van der Waals surface area contributed by atoms with Gasteiger partial charge in [0, 0.05) is 0 Å². The molecule has 28 heavy (non-hydrogen) atoms. The maximum absolute atomic E-state index is 2.37. The molecule has 1 atom stereocenters. The molecule has 1 heterocycles. The topological polar surface area (TPSA) is 8.81 Å². The average Bonchev–Trinajstić information content (AvgIpc) is 3.17. The molecular formula is C26H51N2+. The molecule has 0 aliphatic rings. The number of nitrogens with zero attached hydrogens (tertiary/aromatic N) is 2. The minimum Gasteiger partial charge on any atom is -0.237 e. The van der Waals surface area contributed by atoms with Gasteiger partial charge in [0.15, 0.2) is 0 Å². The van der Waals surface area contributed by atoms with Gasteiger partial charge in [0.25, 0.3) is 0 Å². The van der Waals surface area contributed by atoms with Gasteiger partial charge < -0.3 is 0 Å². The van der Waals surface area contributed by atoms with E-state index in [0.29, 0.717) is 6.04 Å². The number of aromatic nitrogens is 2. The Morgan fingerprint density at radius 3 is 1.57 bits per heavy atom. The molecule has 0 saturated heterocycles. The van der Waals surface area contributed by atoms with Crippen molar-refractivity contribution in [2.75, 3.05) is 0 Å². The molecule has 0 N–H and O–H groups in total. The van der Waals surface area contributed by atoms with Crippen LogP contribution in [0.25, 0.3) is 0 Å². The van der Waals surface area contributed by atoms with Crippen LogP contribution < -0.4 is 4.57 Å². The van der Waals surface area contributed by atoms with Crippen LogP contribution in [0.1, 0.15) is 142 Å². The van der Waals surface area contributed by atoms with Gasteiger partial charge in [-0.15, -0.1) is 0 Å².